The molecule has 1 aliphatic heterocycles. The van der Waals surface area contributed by atoms with Crippen LogP contribution in [0.3, 0.4) is 0 Å². The molecule has 1 fully saturated rings. The van der Waals surface area contributed by atoms with E-state index in [0.29, 0.717) is 6.04 Å². The summed E-state index contributed by atoms with van der Waals surface area (Å²) in [6.45, 7) is 6.50. The van der Waals surface area contributed by atoms with Gasteiger partial charge in [-0.3, -0.25) is 9.88 Å². The zero-order valence-electron chi connectivity index (χ0n) is 11.2. The Morgan fingerprint density at radius 1 is 1.32 bits per heavy atom. The number of aromatic nitrogens is 1. The number of nitrogens with zero attached hydrogens (tertiary/aromatic N) is 2. The van der Waals surface area contributed by atoms with Gasteiger partial charge in [0, 0.05) is 38.6 Å². The molecule has 0 amide bonds. The van der Waals surface area contributed by atoms with Crippen LogP contribution in [0.15, 0.2) is 35.3 Å². The Bertz CT molecular complexity index is 518. The molecule has 3 rings (SSSR count). The zero-order chi connectivity index (χ0) is 13.1. The van der Waals surface area contributed by atoms with E-state index in [1.54, 1.807) is 11.3 Å². The second-order valence-corrected chi connectivity index (χ2v) is 5.76. The van der Waals surface area contributed by atoms with Crippen LogP contribution in [-0.2, 0) is 0 Å². The van der Waals surface area contributed by atoms with Gasteiger partial charge in [-0.05, 0) is 46.5 Å². The van der Waals surface area contributed by atoms with Gasteiger partial charge < -0.3 is 5.32 Å². The van der Waals surface area contributed by atoms with Crippen molar-refractivity contribution in [2.75, 3.05) is 26.2 Å². The Labute approximate surface area is 118 Å². The van der Waals surface area contributed by atoms with Crippen molar-refractivity contribution in [3.05, 3.63) is 52.0 Å². The third kappa shape index (κ3) is 2.71. The van der Waals surface area contributed by atoms with Gasteiger partial charge in [0.25, 0.3) is 0 Å². The molecule has 2 aromatic rings. The highest BCUT2D eigenvalue weighted by Gasteiger charge is 2.25. The van der Waals surface area contributed by atoms with Gasteiger partial charge in [0.15, 0.2) is 0 Å². The zero-order valence-corrected chi connectivity index (χ0v) is 12.0. The van der Waals surface area contributed by atoms with Crippen molar-refractivity contribution in [2.45, 2.75) is 13.0 Å². The van der Waals surface area contributed by atoms with Gasteiger partial charge in [-0.2, -0.15) is 11.3 Å². The molecule has 0 bridgehead atoms. The van der Waals surface area contributed by atoms with Crippen LogP contribution < -0.4 is 5.32 Å². The molecule has 0 radical (unpaired) electrons. The van der Waals surface area contributed by atoms with Crippen LogP contribution in [-0.4, -0.2) is 36.1 Å². The molecule has 0 saturated carbocycles. The van der Waals surface area contributed by atoms with E-state index in [4.69, 9.17) is 0 Å². The first-order valence-electron chi connectivity index (χ1n) is 6.73. The van der Waals surface area contributed by atoms with E-state index < -0.39 is 0 Å². The van der Waals surface area contributed by atoms with Crippen molar-refractivity contribution in [1.29, 1.82) is 0 Å². The standard InChI is InChI=1S/C15H19N3S/c1-12-10-17-4-2-14(12)15(13-3-9-19-11-13)18-7-5-16-6-8-18/h2-4,9-11,15-16H,5-8H2,1H3. The molecule has 100 valence electrons. The summed E-state index contributed by atoms with van der Waals surface area (Å²) >= 11 is 1.77. The van der Waals surface area contributed by atoms with Gasteiger partial charge in [0.05, 0.1) is 6.04 Å². The second-order valence-electron chi connectivity index (χ2n) is 4.98. The number of rotatable bonds is 3. The number of pyridine rings is 1. The first-order chi connectivity index (χ1) is 9.36. The normalized spacial score (nSPS) is 18.4. The molecule has 0 aromatic carbocycles. The number of hydrogen-bond acceptors (Lipinski definition) is 4. The van der Waals surface area contributed by atoms with Crippen LogP contribution >= 0.6 is 11.3 Å². The molecule has 1 N–H and O–H groups in total. The van der Waals surface area contributed by atoms with Gasteiger partial charge >= 0.3 is 0 Å². The van der Waals surface area contributed by atoms with Crippen LogP contribution in [0.1, 0.15) is 22.7 Å². The van der Waals surface area contributed by atoms with Crippen LogP contribution in [0.4, 0.5) is 0 Å². The van der Waals surface area contributed by atoms with Crippen molar-refractivity contribution in [1.82, 2.24) is 15.2 Å². The fraction of sp³-hybridized carbons (Fsp3) is 0.400. The Kier molecular flexibility index (Phi) is 3.92. The fourth-order valence-corrected chi connectivity index (χ4v) is 3.43. The van der Waals surface area contributed by atoms with E-state index >= 15 is 0 Å². The van der Waals surface area contributed by atoms with Gasteiger partial charge in [0.2, 0.25) is 0 Å². The van der Waals surface area contributed by atoms with E-state index in [1.807, 2.05) is 12.4 Å². The number of thiophene rings is 1. The number of nitrogens with one attached hydrogen (secondary N) is 1. The smallest absolute Gasteiger partial charge is 0.0614 e. The van der Waals surface area contributed by atoms with E-state index in [-0.39, 0.29) is 0 Å². The van der Waals surface area contributed by atoms with Crippen LogP contribution in [0, 0.1) is 6.92 Å². The lowest BCUT2D eigenvalue weighted by molar-refractivity contribution is 0.198. The quantitative estimate of drug-likeness (QED) is 0.931. The van der Waals surface area contributed by atoms with Crippen LogP contribution in [0.5, 0.6) is 0 Å². The maximum absolute atomic E-state index is 4.23. The molecule has 1 atom stereocenters. The molecule has 4 heteroatoms. The molecular weight excluding hydrogens is 254 g/mol. The van der Waals surface area contributed by atoms with Crippen molar-refractivity contribution in [2.24, 2.45) is 0 Å². The predicted octanol–water partition coefficient (Wildman–Crippen LogP) is 2.45. The summed E-state index contributed by atoms with van der Waals surface area (Å²) in [5.74, 6) is 0. The topological polar surface area (TPSA) is 28.2 Å². The molecule has 1 unspecified atom stereocenters. The second kappa shape index (κ2) is 5.82. The maximum Gasteiger partial charge on any atom is 0.0614 e. The molecule has 3 heterocycles. The Balaban J connectivity index is 1.99. The van der Waals surface area contributed by atoms with Crippen LogP contribution in [0.25, 0.3) is 0 Å². The summed E-state index contributed by atoms with van der Waals surface area (Å²) in [6, 6.07) is 4.79. The highest BCUT2D eigenvalue weighted by molar-refractivity contribution is 7.08. The van der Waals surface area contributed by atoms with Gasteiger partial charge in [-0.25, -0.2) is 0 Å². The van der Waals surface area contributed by atoms with E-state index in [2.05, 4.69) is 45.0 Å². The van der Waals surface area contributed by atoms with E-state index in [0.717, 1.165) is 26.2 Å². The van der Waals surface area contributed by atoms with Crippen molar-refractivity contribution < 1.29 is 0 Å². The molecule has 3 nitrogen and oxygen atoms in total. The lowest BCUT2D eigenvalue weighted by Gasteiger charge is -2.35. The van der Waals surface area contributed by atoms with Gasteiger partial charge in [-0.15, -0.1) is 0 Å². The monoisotopic (exact) mass is 273 g/mol. The van der Waals surface area contributed by atoms with Gasteiger partial charge in [-0.1, -0.05) is 0 Å². The maximum atomic E-state index is 4.23. The summed E-state index contributed by atoms with van der Waals surface area (Å²) in [6.07, 6.45) is 3.88. The molecule has 2 aromatic heterocycles. The number of hydrogen-bond donors (Lipinski definition) is 1. The highest BCUT2D eigenvalue weighted by Crippen LogP contribution is 2.31. The summed E-state index contributed by atoms with van der Waals surface area (Å²) in [7, 11) is 0. The minimum absolute atomic E-state index is 0.372. The first kappa shape index (κ1) is 12.8. The summed E-state index contributed by atoms with van der Waals surface area (Å²) in [4.78, 5) is 6.80. The minimum Gasteiger partial charge on any atom is -0.314 e. The average Bonchev–Trinajstić information content (AvgIpc) is 2.96. The summed E-state index contributed by atoms with van der Waals surface area (Å²) < 4.78 is 0. The average molecular weight is 273 g/mol. The Morgan fingerprint density at radius 2 is 2.16 bits per heavy atom. The van der Waals surface area contributed by atoms with Crippen LogP contribution in [0.2, 0.25) is 0 Å². The fourth-order valence-electron chi connectivity index (χ4n) is 2.75. The summed E-state index contributed by atoms with van der Waals surface area (Å²) in [5, 5.41) is 7.87. The van der Waals surface area contributed by atoms with E-state index in [1.165, 1.54) is 16.7 Å². The van der Waals surface area contributed by atoms with Gasteiger partial charge in [0.1, 0.15) is 0 Å². The minimum atomic E-state index is 0.372. The number of aryl methyl sites for hydroxylation is 1. The molecule has 19 heavy (non-hydrogen) atoms. The predicted molar refractivity (Wildman–Crippen MR) is 79.6 cm³/mol. The molecular formula is C15H19N3S. The number of piperazine rings is 1. The molecule has 1 aliphatic rings. The Morgan fingerprint density at radius 3 is 2.84 bits per heavy atom. The van der Waals surface area contributed by atoms with E-state index in [9.17, 15) is 0 Å². The Hall–Kier alpha value is -1.23. The summed E-state index contributed by atoms with van der Waals surface area (Å²) in [5.41, 5.74) is 4.06. The molecule has 1 saturated heterocycles. The molecule has 0 spiro atoms. The SMILES string of the molecule is Cc1cnccc1C(c1ccsc1)N1CCNCC1. The first-order valence-corrected chi connectivity index (χ1v) is 7.68. The highest BCUT2D eigenvalue weighted by atomic mass is 32.1. The van der Waals surface area contributed by atoms with Crippen molar-refractivity contribution in [3.8, 4) is 0 Å². The van der Waals surface area contributed by atoms with Crippen molar-refractivity contribution >= 4 is 11.3 Å². The lowest BCUT2D eigenvalue weighted by Crippen LogP contribution is -2.45. The third-order valence-electron chi connectivity index (χ3n) is 3.73. The lowest BCUT2D eigenvalue weighted by atomic mass is 9.96. The van der Waals surface area contributed by atoms with Crippen molar-refractivity contribution in [3.63, 3.8) is 0 Å². The molecule has 0 aliphatic carbocycles. The third-order valence-corrected chi connectivity index (χ3v) is 4.44. The largest absolute Gasteiger partial charge is 0.314 e.